The highest BCUT2D eigenvalue weighted by Crippen LogP contribution is 2.50. The van der Waals surface area contributed by atoms with Crippen molar-refractivity contribution in [2.75, 3.05) is 6.61 Å². The van der Waals surface area contributed by atoms with Crippen molar-refractivity contribution in [1.82, 2.24) is 20.6 Å². The first-order chi connectivity index (χ1) is 14.8. The molecule has 1 heterocycles. The van der Waals surface area contributed by atoms with Gasteiger partial charge in [-0.15, -0.1) is 0 Å². The lowest BCUT2D eigenvalue weighted by atomic mass is 9.56. The number of halogens is 2. The van der Waals surface area contributed by atoms with Crippen molar-refractivity contribution in [2.45, 2.75) is 50.1 Å². The lowest BCUT2D eigenvalue weighted by molar-refractivity contribution is -0.127. The molecule has 9 heteroatoms. The van der Waals surface area contributed by atoms with Gasteiger partial charge in [0.1, 0.15) is 17.3 Å². The Bertz CT molecular complexity index is 980. The van der Waals surface area contributed by atoms with Crippen molar-refractivity contribution >= 4 is 23.4 Å². The largest absolute Gasteiger partial charge is 0.484 e. The number of nitrogens with one attached hydrogen (secondary N) is 2. The average Bonchev–Trinajstić information content (AvgIpc) is 2.76. The number of hydrogen-bond donors (Lipinski definition) is 2. The van der Waals surface area contributed by atoms with Crippen LogP contribution in [0.5, 0.6) is 5.75 Å². The molecule has 3 fully saturated rings. The first-order valence-corrected chi connectivity index (χ1v) is 10.7. The fourth-order valence-electron chi connectivity index (χ4n) is 4.83. The van der Waals surface area contributed by atoms with Crippen LogP contribution in [0.1, 0.15) is 49.5 Å². The Morgan fingerprint density at radius 2 is 2.00 bits per heavy atom. The molecule has 0 unspecified atom stereocenters. The smallest absolute Gasteiger partial charge is 0.271 e. The number of amides is 2. The number of ether oxygens (including phenoxy) is 1. The van der Waals surface area contributed by atoms with E-state index in [0.717, 1.165) is 38.2 Å². The van der Waals surface area contributed by atoms with E-state index in [1.165, 1.54) is 30.7 Å². The second kappa shape index (κ2) is 8.42. The molecule has 3 aliphatic carbocycles. The zero-order chi connectivity index (χ0) is 22.1. The highest BCUT2D eigenvalue weighted by molar-refractivity contribution is 6.30. The molecule has 2 N–H and O–H groups in total. The van der Waals surface area contributed by atoms with Crippen LogP contribution in [0, 0.1) is 11.7 Å². The fourth-order valence-corrected chi connectivity index (χ4v) is 4.95. The quantitative estimate of drug-likeness (QED) is 0.710. The first-order valence-electron chi connectivity index (χ1n) is 10.3. The molecule has 5 rings (SSSR count). The average molecular weight is 447 g/mol. The predicted molar refractivity (Wildman–Crippen MR) is 112 cm³/mol. The molecule has 31 heavy (non-hydrogen) atoms. The number of rotatable bonds is 6. The predicted octanol–water partition coefficient (Wildman–Crippen LogP) is 3.29. The fraction of sp³-hybridized carbons (Fsp3) is 0.455. The molecule has 1 aromatic carbocycles. The lowest BCUT2D eigenvalue weighted by Gasteiger charge is -2.57. The molecule has 7 nitrogen and oxygen atoms in total. The van der Waals surface area contributed by atoms with Gasteiger partial charge in [0, 0.05) is 29.5 Å². The lowest BCUT2D eigenvalue weighted by Crippen LogP contribution is -2.67. The van der Waals surface area contributed by atoms with E-state index in [2.05, 4.69) is 27.5 Å². The normalized spacial score (nSPS) is 26.9. The Labute approximate surface area is 184 Å². The van der Waals surface area contributed by atoms with Crippen molar-refractivity contribution < 1.29 is 18.7 Å². The maximum atomic E-state index is 13.5. The van der Waals surface area contributed by atoms with Crippen LogP contribution in [0.25, 0.3) is 0 Å². The van der Waals surface area contributed by atoms with Crippen LogP contribution in [0.4, 0.5) is 4.39 Å². The minimum Gasteiger partial charge on any atom is -0.484 e. The zero-order valence-electron chi connectivity index (χ0n) is 17.2. The van der Waals surface area contributed by atoms with Crippen molar-refractivity contribution in [3.05, 3.63) is 53.3 Å². The monoisotopic (exact) mass is 446 g/mol. The second-order valence-corrected chi connectivity index (χ2v) is 8.91. The van der Waals surface area contributed by atoms with Crippen LogP contribution in [0.2, 0.25) is 5.02 Å². The van der Waals surface area contributed by atoms with Crippen molar-refractivity contribution in [1.29, 1.82) is 0 Å². The number of carbonyl (C=O) groups is 2. The van der Waals surface area contributed by atoms with Gasteiger partial charge in [0.15, 0.2) is 6.61 Å². The summed E-state index contributed by atoms with van der Waals surface area (Å²) in [6.45, 7) is 1.90. The molecule has 0 saturated heterocycles. The molecule has 0 radical (unpaired) electrons. The van der Waals surface area contributed by atoms with Crippen LogP contribution in [-0.2, 0) is 4.79 Å². The molecular formula is C22H24ClFN4O3. The number of nitrogens with zero attached hydrogens (tertiary/aromatic N) is 2. The molecule has 3 saturated carbocycles. The van der Waals surface area contributed by atoms with Gasteiger partial charge in [-0.25, -0.2) is 9.37 Å². The van der Waals surface area contributed by atoms with E-state index < -0.39 is 5.82 Å². The Balaban J connectivity index is 1.34. The van der Waals surface area contributed by atoms with Gasteiger partial charge in [0.05, 0.1) is 11.2 Å². The Morgan fingerprint density at radius 1 is 1.23 bits per heavy atom. The van der Waals surface area contributed by atoms with E-state index in [1.54, 1.807) is 0 Å². The Kier molecular flexibility index (Phi) is 5.83. The Hall–Kier alpha value is -2.74. The summed E-state index contributed by atoms with van der Waals surface area (Å²) in [5.74, 6) is -0.628. The molecule has 0 aliphatic heterocycles. The summed E-state index contributed by atoms with van der Waals surface area (Å²) in [5, 5.41) is 6.32. The van der Waals surface area contributed by atoms with Crippen molar-refractivity contribution in [2.24, 2.45) is 5.92 Å². The van der Waals surface area contributed by atoms with Crippen LogP contribution in [0.15, 0.2) is 36.8 Å². The standard InChI is InChI=1S/C22H24ClFN4O3/c1-14-11-21(27-19(29)13-31-15-2-3-16(23)17(24)10-15)4-6-22(14,7-5-21)28-20(30)18-12-25-8-9-26-18/h2-3,8-10,12,14H,4-7,11,13H2,1H3,(H,27,29)(H,28,30)/t14-,21?,22?/m0/s1. The summed E-state index contributed by atoms with van der Waals surface area (Å²) < 4.78 is 18.9. The number of hydrogen-bond acceptors (Lipinski definition) is 5. The Morgan fingerprint density at radius 3 is 2.65 bits per heavy atom. The van der Waals surface area contributed by atoms with Gasteiger partial charge in [0.25, 0.3) is 11.8 Å². The van der Waals surface area contributed by atoms with Crippen LogP contribution in [-0.4, -0.2) is 39.5 Å². The number of carbonyl (C=O) groups excluding carboxylic acids is 2. The van der Waals surface area contributed by atoms with Gasteiger partial charge in [-0.05, 0) is 50.2 Å². The van der Waals surface area contributed by atoms with E-state index in [0.29, 0.717) is 5.69 Å². The molecule has 1 aromatic heterocycles. The minimum atomic E-state index is -0.591. The van der Waals surface area contributed by atoms with Gasteiger partial charge in [-0.2, -0.15) is 0 Å². The molecule has 0 spiro atoms. The summed E-state index contributed by atoms with van der Waals surface area (Å²) in [6.07, 6.45) is 8.31. The molecule has 3 aliphatic rings. The minimum absolute atomic E-state index is 0.00368. The topological polar surface area (TPSA) is 93.2 Å². The van der Waals surface area contributed by atoms with Crippen molar-refractivity contribution in [3.8, 4) is 5.75 Å². The van der Waals surface area contributed by atoms with E-state index in [4.69, 9.17) is 16.3 Å². The van der Waals surface area contributed by atoms with Gasteiger partial charge < -0.3 is 15.4 Å². The number of benzene rings is 1. The molecule has 2 amide bonds. The highest BCUT2D eigenvalue weighted by Gasteiger charge is 2.54. The third kappa shape index (κ3) is 4.49. The maximum Gasteiger partial charge on any atom is 0.271 e. The summed E-state index contributed by atoms with van der Waals surface area (Å²) in [6, 6.07) is 4.07. The molecule has 2 bridgehead atoms. The van der Waals surface area contributed by atoms with E-state index in [1.807, 2.05) is 0 Å². The van der Waals surface area contributed by atoms with Crippen LogP contribution in [0.3, 0.4) is 0 Å². The summed E-state index contributed by atoms with van der Waals surface area (Å²) >= 11 is 5.66. The zero-order valence-corrected chi connectivity index (χ0v) is 17.9. The number of aromatic nitrogens is 2. The van der Waals surface area contributed by atoms with Gasteiger partial charge in [0.2, 0.25) is 0 Å². The maximum absolute atomic E-state index is 13.5. The molecule has 2 aromatic rings. The van der Waals surface area contributed by atoms with E-state index >= 15 is 0 Å². The molecule has 1 atom stereocenters. The third-order valence-electron chi connectivity index (χ3n) is 6.56. The first kappa shape index (κ1) is 21.5. The molecular weight excluding hydrogens is 423 g/mol. The number of fused-ring (bicyclic) bond motifs is 3. The summed E-state index contributed by atoms with van der Waals surface area (Å²) in [4.78, 5) is 33.2. The summed E-state index contributed by atoms with van der Waals surface area (Å²) in [7, 11) is 0. The highest BCUT2D eigenvalue weighted by atomic mass is 35.5. The molecule has 164 valence electrons. The summed E-state index contributed by atoms with van der Waals surface area (Å²) in [5.41, 5.74) is -0.321. The SMILES string of the molecule is C[C@H]1CC2(NC(=O)COc3ccc(Cl)c(F)c3)CCC1(NC(=O)c1cnccn1)CC2. The van der Waals surface area contributed by atoms with Gasteiger partial charge in [-0.3, -0.25) is 14.6 Å². The third-order valence-corrected chi connectivity index (χ3v) is 6.87. The van der Waals surface area contributed by atoms with Gasteiger partial charge in [-0.1, -0.05) is 18.5 Å². The van der Waals surface area contributed by atoms with E-state index in [9.17, 15) is 14.0 Å². The van der Waals surface area contributed by atoms with Crippen LogP contribution < -0.4 is 15.4 Å². The van der Waals surface area contributed by atoms with Crippen LogP contribution >= 0.6 is 11.6 Å². The van der Waals surface area contributed by atoms with E-state index in [-0.39, 0.29) is 46.2 Å². The second-order valence-electron chi connectivity index (χ2n) is 8.50. The van der Waals surface area contributed by atoms with Crippen molar-refractivity contribution in [3.63, 3.8) is 0 Å². The van der Waals surface area contributed by atoms with Gasteiger partial charge >= 0.3 is 0 Å².